The lowest BCUT2D eigenvalue weighted by Gasteiger charge is -2.18. The first-order valence-corrected chi connectivity index (χ1v) is 7.32. The summed E-state index contributed by atoms with van der Waals surface area (Å²) in [5, 5.41) is 0.558. The van der Waals surface area contributed by atoms with E-state index in [9.17, 15) is 9.59 Å². The molecule has 2 aromatic rings. The molecule has 20 heavy (non-hydrogen) atoms. The monoisotopic (exact) mass is 294 g/mol. The van der Waals surface area contributed by atoms with Gasteiger partial charge in [-0.15, -0.1) is 11.3 Å². The van der Waals surface area contributed by atoms with Gasteiger partial charge in [0.25, 0.3) is 5.56 Å². The summed E-state index contributed by atoms with van der Waals surface area (Å²) in [6.45, 7) is 8.89. The van der Waals surface area contributed by atoms with Crippen LogP contribution < -0.4 is 5.56 Å². The van der Waals surface area contributed by atoms with E-state index in [-0.39, 0.29) is 11.7 Å². The van der Waals surface area contributed by atoms with Crippen LogP contribution in [0.25, 0.3) is 10.2 Å². The number of aryl methyl sites for hydroxylation is 2. The van der Waals surface area contributed by atoms with Gasteiger partial charge in [0.2, 0.25) is 0 Å². The molecule has 2 aromatic heterocycles. The largest absolute Gasteiger partial charge is 0.461 e. The number of esters is 1. The van der Waals surface area contributed by atoms with Crippen LogP contribution in [0.15, 0.2) is 10.9 Å². The Bertz CT molecular complexity index is 715. The molecule has 0 bridgehead atoms. The Hall–Kier alpha value is -1.69. The van der Waals surface area contributed by atoms with Crippen molar-refractivity contribution in [3.63, 3.8) is 0 Å². The molecule has 1 unspecified atom stereocenters. The fourth-order valence-corrected chi connectivity index (χ4v) is 3.02. The van der Waals surface area contributed by atoms with E-state index in [1.807, 2.05) is 13.0 Å². The van der Waals surface area contributed by atoms with E-state index in [4.69, 9.17) is 4.74 Å². The number of nitrogens with zero attached hydrogens (tertiary/aromatic N) is 2. The minimum atomic E-state index is -0.679. The van der Waals surface area contributed by atoms with Gasteiger partial charge in [-0.3, -0.25) is 9.36 Å². The van der Waals surface area contributed by atoms with E-state index in [0.29, 0.717) is 16.0 Å². The SMILES string of the molecule is Cc1cc2c(=O)n(C(C)C(=O)OC(C)C)c(C)nc2s1. The minimum Gasteiger partial charge on any atom is -0.461 e. The standard InChI is InChI=1S/C14H18N2O3S/c1-7(2)19-14(18)9(4)16-10(5)15-12-11(13(16)17)6-8(3)20-12/h6-7,9H,1-5H3. The predicted octanol–water partition coefficient (Wildman–Crippen LogP) is 2.59. The number of hydrogen-bond acceptors (Lipinski definition) is 5. The fraction of sp³-hybridized carbons (Fsp3) is 0.500. The maximum absolute atomic E-state index is 12.5. The van der Waals surface area contributed by atoms with Crippen LogP contribution in [-0.4, -0.2) is 21.6 Å². The number of rotatable bonds is 3. The van der Waals surface area contributed by atoms with E-state index < -0.39 is 12.0 Å². The highest BCUT2D eigenvalue weighted by Gasteiger charge is 2.22. The number of carbonyl (C=O) groups is 1. The van der Waals surface area contributed by atoms with Crippen LogP contribution in [-0.2, 0) is 9.53 Å². The molecule has 108 valence electrons. The minimum absolute atomic E-state index is 0.190. The second kappa shape index (κ2) is 5.36. The Morgan fingerprint density at radius 2 is 2.00 bits per heavy atom. The summed E-state index contributed by atoms with van der Waals surface area (Å²) in [7, 11) is 0. The number of thiophene rings is 1. The van der Waals surface area contributed by atoms with Crippen LogP contribution >= 0.6 is 11.3 Å². The molecule has 0 amide bonds. The van der Waals surface area contributed by atoms with Gasteiger partial charge < -0.3 is 4.74 Å². The zero-order valence-electron chi connectivity index (χ0n) is 12.3. The first-order chi connectivity index (χ1) is 9.31. The summed E-state index contributed by atoms with van der Waals surface area (Å²) in [4.78, 5) is 30.7. The van der Waals surface area contributed by atoms with Crippen molar-refractivity contribution in [2.24, 2.45) is 0 Å². The second-order valence-electron chi connectivity index (χ2n) is 5.07. The molecule has 0 saturated carbocycles. The Morgan fingerprint density at radius 3 is 2.60 bits per heavy atom. The normalized spacial score (nSPS) is 12.9. The Kier molecular flexibility index (Phi) is 3.94. The molecule has 1 atom stereocenters. The van der Waals surface area contributed by atoms with E-state index >= 15 is 0 Å². The van der Waals surface area contributed by atoms with Crippen molar-refractivity contribution < 1.29 is 9.53 Å². The van der Waals surface area contributed by atoms with Gasteiger partial charge in [-0.1, -0.05) is 0 Å². The first-order valence-electron chi connectivity index (χ1n) is 6.51. The van der Waals surface area contributed by atoms with Gasteiger partial charge in [-0.05, 0) is 40.7 Å². The maximum atomic E-state index is 12.5. The summed E-state index contributed by atoms with van der Waals surface area (Å²) in [6, 6.07) is 1.13. The summed E-state index contributed by atoms with van der Waals surface area (Å²) < 4.78 is 6.57. The van der Waals surface area contributed by atoms with Crippen molar-refractivity contribution in [1.82, 2.24) is 9.55 Å². The fourth-order valence-electron chi connectivity index (χ4n) is 2.11. The Morgan fingerprint density at radius 1 is 1.35 bits per heavy atom. The molecule has 0 spiro atoms. The lowest BCUT2D eigenvalue weighted by Crippen LogP contribution is -2.32. The second-order valence-corrected chi connectivity index (χ2v) is 6.31. The Labute approximate surface area is 121 Å². The van der Waals surface area contributed by atoms with Gasteiger partial charge >= 0.3 is 5.97 Å². The average Bonchev–Trinajstić information content (AvgIpc) is 2.68. The summed E-state index contributed by atoms with van der Waals surface area (Å²) in [6.07, 6.45) is -0.207. The van der Waals surface area contributed by atoms with Crippen LogP contribution in [0, 0.1) is 13.8 Å². The van der Waals surface area contributed by atoms with E-state index in [0.717, 1.165) is 4.88 Å². The first kappa shape index (κ1) is 14.7. The van der Waals surface area contributed by atoms with Crippen molar-refractivity contribution in [2.45, 2.75) is 46.8 Å². The lowest BCUT2D eigenvalue weighted by molar-refractivity contribution is -0.151. The molecule has 0 aromatic carbocycles. The van der Waals surface area contributed by atoms with Crippen molar-refractivity contribution in [3.8, 4) is 0 Å². The molecule has 0 fully saturated rings. The van der Waals surface area contributed by atoms with Crippen LogP contribution in [0.4, 0.5) is 0 Å². The van der Waals surface area contributed by atoms with Gasteiger partial charge in [-0.25, -0.2) is 9.78 Å². The highest BCUT2D eigenvalue weighted by atomic mass is 32.1. The zero-order valence-corrected chi connectivity index (χ0v) is 13.1. The van der Waals surface area contributed by atoms with Crippen molar-refractivity contribution in [3.05, 3.63) is 27.1 Å². The van der Waals surface area contributed by atoms with Crippen molar-refractivity contribution in [1.29, 1.82) is 0 Å². The molecule has 0 aliphatic rings. The van der Waals surface area contributed by atoms with Crippen LogP contribution in [0.3, 0.4) is 0 Å². The summed E-state index contributed by atoms with van der Waals surface area (Å²) in [5.41, 5.74) is -0.190. The third kappa shape index (κ3) is 2.60. The zero-order chi connectivity index (χ0) is 15.0. The van der Waals surface area contributed by atoms with Gasteiger partial charge in [0, 0.05) is 4.88 Å². The molecule has 6 heteroatoms. The maximum Gasteiger partial charge on any atom is 0.329 e. The smallest absolute Gasteiger partial charge is 0.329 e. The van der Waals surface area contributed by atoms with Gasteiger partial charge in [-0.2, -0.15) is 0 Å². The third-order valence-corrected chi connectivity index (χ3v) is 3.92. The van der Waals surface area contributed by atoms with E-state index in [2.05, 4.69) is 4.98 Å². The molecular formula is C14H18N2O3S. The molecular weight excluding hydrogens is 276 g/mol. The van der Waals surface area contributed by atoms with Crippen molar-refractivity contribution >= 4 is 27.5 Å². The quantitative estimate of drug-likeness (QED) is 0.816. The van der Waals surface area contributed by atoms with Crippen molar-refractivity contribution in [2.75, 3.05) is 0 Å². The molecule has 2 heterocycles. The van der Waals surface area contributed by atoms with E-state index in [1.54, 1.807) is 27.7 Å². The number of hydrogen-bond donors (Lipinski definition) is 0. The third-order valence-electron chi connectivity index (χ3n) is 2.98. The summed E-state index contributed by atoms with van der Waals surface area (Å²) in [5.74, 6) is 0.107. The van der Waals surface area contributed by atoms with Gasteiger partial charge in [0.1, 0.15) is 16.7 Å². The van der Waals surface area contributed by atoms with E-state index in [1.165, 1.54) is 15.9 Å². The van der Waals surface area contributed by atoms with Gasteiger partial charge in [0.05, 0.1) is 11.5 Å². The van der Waals surface area contributed by atoms with Gasteiger partial charge in [0.15, 0.2) is 0 Å². The number of carbonyl (C=O) groups excluding carboxylic acids is 1. The highest BCUT2D eigenvalue weighted by molar-refractivity contribution is 7.18. The molecule has 0 radical (unpaired) electrons. The highest BCUT2D eigenvalue weighted by Crippen LogP contribution is 2.21. The lowest BCUT2D eigenvalue weighted by atomic mass is 10.3. The number of ether oxygens (including phenoxy) is 1. The number of fused-ring (bicyclic) bond motifs is 1. The molecule has 0 aliphatic heterocycles. The average molecular weight is 294 g/mol. The molecule has 0 N–H and O–H groups in total. The van der Waals surface area contributed by atoms with Crippen LogP contribution in [0.2, 0.25) is 0 Å². The topological polar surface area (TPSA) is 61.2 Å². The number of aromatic nitrogens is 2. The van der Waals surface area contributed by atoms with Crippen LogP contribution in [0.1, 0.15) is 37.5 Å². The predicted molar refractivity (Wildman–Crippen MR) is 79.3 cm³/mol. The Balaban J connectivity index is 2.53. The van der Waals surface area contributed by atoms with Crippen LogP contribution in [0.5, 0.6) is 0 Å². The molecule has 5 nitrogen and oxygen atoms in total. The summed E-state index contributed by atoms with van der Waals surface area (Å²) >= 11 is 1.48. The molecule has 0 aliphatic carbocycles. The molecule has 0 saturated heterocycles. The molecule has 2 rings (SSSR count).